The first-order valence-corrected chi connectivity index (χ1v) is 8.57. The minimum absolute atomic E-state index is 0.196. The van der Waals surface area contributed by atoms with Gasteiger partial charge in [0.25, 0.3) is 0 Å². The van der Waals surface area contributed by atoms with E-state index in [0.29, 0.717) is 6.92 Å². The Morgan fingerprint density at radius 3 is 1.76 bits per heavy atom. The summed E-state index contributed by atoms with van der Waals surface area (Å²) in [6, 6.07) is 0. The van der Waals surface area contributed by atoms with E-state index >= 15 is 0 Å². The number of hydrogen-bond acceptors (Lipinski definition) is 3. The minimum atomic E-state index is -5.98. The standard InChI is InChI=1S/C12H17F8NO3S/c1-3-21-8(22)9(2,4-5-10(13,14)12(18,19)20)25(23,24)7-6-11(15,16)17/h3-7H2,1-2H3,(H,21,22). The third-order valence-electron chi connectivity index (χ3n) is 3.49. The fourth-order valence-corrected chi connectivity index (χ4v) is 3.49. The van der Waals surface area contributed by atoms with Gasteiger partial charge in [0, 0.05) is 13.0 Å². The lowest BCUT2D eigenvalue weighted by Gasteiger charge is -2.30. The molecule has 25 heavy (non-hydrogen) atoms. The van der Waals surface area contributed by atoms with E-state index in [4.69, 9.17) is 0 Å². The van der Waals surface area contributed by atoms with E-state index in [-0.39, 0.29) is 6.54 Å². The number of carbonyl (C=O) groups excluding carboxylic acids is 1. The average Bonchev–Trinajstić information content (AvgIpc) is 2.41. The molecule has 0 aromatic rings. The van der Waals surface area contributed by atoms with Crippen molar-refractivity contribution < 1.29 is 48.3 Å². The van der Waals surface area contributed by atoms with Crippen LogP contribution in [0.4, 0.5) is 35.1 Å². The third kappa shape index (κ3) is 6.26. The molecule has 0 radical (unpaired) electrons. The van der Waals surface area contributed by atoms with Gasteiger partial charge in [-0.25, -0.2) is 8.42 Å². The smallest absolute Gasteiger partial charge is 0.355 e. The van der Waals surface area contributed by atoms with Crippen molar-refractivity contribution in [3.63, 3.8) is 0 Å². The van der Waals surface area contributed by atoms with Crippen LogP contribution in [0.25, 0.3) is 0 Å². The molecule has 0 bridgehead atoms. The topological polar surface area (TPSA) is 63.2 Å². The number of rotatable bonds is 8. The van der Waals surface area contributed by atoms with Gasteiger partial charge in [-0.05, 0) is 20.3 Å². The Kier molecular flexibility index (Phi) is 7.27. The van der Waals surface area contributed by atoms with Crippen LogP contribution in [0.2, 0.25) is 0 Å². The summed E-state index contributed by atoms with van der Waals surface area (Å²) in [6.45, 7) is 1.65. The molecule has 0 spiro atoms. The number of sulfone groups is 1. The van der Waals surface area contributed by atoms with Gasteiger partial charge >= 0.3 is 18.3 Å². The predicted octanol–water partition coefficient (Wildman–Crippen LogP) is 3.23. The number of halogens is 8. The molecule has 0 saturated heterocycles. The highest BCUT2D eigenvalue weighted by Gasteiger charge is 2.59. The second-order valence-corrected chi connectivity index (χ2v) is 8.02. The van der Waals surface area contributed by atoms with E-state index in [1.807, 2.05) is 5.32 Å². The molecule has 0 fully saturated rings. The summed E-state index contributed by atoms with van der Waals surface area (Å²) < 4.78 is 121. The Morgan fingerprint density at radius 1 is 0.920 bits per heavy atom. The van der Waals surface area contributed by atoms with Gasteiger partial charge < -0.3 is 5.32 Å². The van der Waals surface area contributed by atoms with Gasteiger partial charge in [0.15, 0.2) is 9.84 Å². The van der Waals surface area contributed by atoms with Gasteiger partial charge in [0.05, 0.1) is 12.2 Å². The molecule has 0 aliphatic carbocycles. The SMILES string of the molecule is CCNC(=O)C(C)(CCC(F)(F)C(F)(F)F)S(=O)(=O)CCC(F)(F)F. The Bertz CT molecular complexity index is 570. The molecule has 4 nitrogen and oxygen atoms in total. The maximum atomic E-state index is 13.0. The zero-order valence-corrected chi connectivity index (χ0v) is 14.0. The third-order valence-corrected chi connectivity index (χ3v) is 5.99. The number of amides is 1. The van der Waals surface area contributed by atoms with E-state index in [2.05, 4.69) is 0 Å². The summed E-state index contributed by atoms with van der Waals surface area (Å²) in [4.78, 5) is 11.9. The van der Waals surface area contributed by atoms with Crippen LogP contribution in [0.1, 0.15) is 33.1 Å². The molecule has 1 unspecified atom stereocenters. The zero-order chi connectivity index (χ0) is 20.3. The molecule has 1 amide bonds. The van der Waals surface area contributed by atoms with Gasteiger partial charge in [0.1, 0.15) is 4.75 Å². The van der Waals surface area contributed by atoms with Crippen LogP contribution < -0.4 is 5.32 Å². The second-order valence-electron chi connectivity index (χ2n) is 5.48. The van der Waals surface area contributed by atoms with E-state index in [0.717, 1.165) is 0 Å². The Labute approximate surface area is 138 Å². The highest BCUT2D eigenvalue weighted by Crippen LogP contribution is 2.41. The number of nitrogens with one attached hydrogen (secondary N) is 1. The summed E-state index contributed by atoms with van der Waals surface area (Å²) in [6.07, 6.45) is -16.3. The fraction of sp³-hybridized carbons (Fsp3) is 0.917. The first-order chi connectivity index (χ1) is 10.9. The normalized spacial score (nSPS) is 16.4. The lowest BCUT2D eigenvalue weighted by atomic mass is 10.00. The molecule has 0 rings (SSSR count). The van der Waals surface area contributed by atoms with Crippen molar-refractivity contribution in [2.75, 3.05) is 12.3 Å². The molecule has 0 aromatic carbocycles. The summed E-state index contributed by atoms with van der Waals surface area (Å²) in [5.74, 6) is -8.34. The van der Waals surface area contributed by atoms with Crippen LogP contribution in [0.3, 0.4) is 0 Å². The summed E-state index contributed by atoms with van der Waals surface area (Å²) >= 11 is 0. The predicted molar refractivity (Wildman–Crippen MR) is 71.8 cm³/mol. The highest BCUT2D eigenvalue weighted by atomic mass is 32.2. The Hall–Kier alpha value is -1.14. The van der Waals surface area contributed by atoms with E-state index in [9.17, 15) is 48.3 Å². The lowest BCUT2D eigenvalue weighted by molar-refractivity contribution is -0.284. The van der Waals surface area contributed by atoms with Crippen molar-refractivity contribution in [1.82, 2.24) is 5.32 Å². The van der Waals surface area contributed by atoms with Crippen LogP contribution in [-0.4, -0.2) is 49.6 Å². The maximum absolute atomic E-state index is 13.0. The van der Waals surface area contributed by atoms with Crippen molar-refractivity contribution in [2.45, 2.75) is 56.1 Å². The lowest BCUT2D eigenvalue weighted by Crippen LogP contribution is -2.52. The Morgan fingerprint density at radius 2 is 1.40 bits per heavy atom. The van der Waals surface area contributed by atoms with Gasteiger partial charge in [-0.15, -0.1) is 0 Å². The largest absolute Gasteiger partial charge is 0.453 e. The summed E-state index contributed by atoms with van der Waals surface area (Å²) in [5.41, 5.74) is 0. The van der Waals surface area contributed by atoms with Crippen molar-refractivity contribution >= 4 is 15.7 Å². The van der Waals surface area contributed by atoms with Crippen LogP contribution >= 0.6 is 0 Å². The van der Waals surface area contributed by atoms with E-state index in [1.165, 1.54) is 6.92 Å². The minimum Gasteiger partial charge on any atom is -0.355 e. The molecule has 0 heterocycles. The second kappa shape index (κ2) is 7.62. The quantitative estimate of drug-likeness (QED) is 0.629. The van der Waals surface area contributed by atoms with E-state index in [1.54, 1.807) is 0 Å². The van der Waals surface area contributed by atoms with Crippen molar-refractivity contribution in [2.24, 2.45) is 0 Å². The van der Waals surface area contributed by atoms with Gasteiger partial charge in [-0.3, -0.25) is 4.79 Å². The van der Waals surface area contributed by atoms with Crippen molar-refractivity contribution in [3.05, 3.63) is 0 Å². The van der Waals surface area contributed by atoms with Crippen molar-refractivity contribution in [3.8, 4) is 0 Å². The Balaban J connectivity index is 5.64. The molecule has 150 valence electrons. The zero-order valence-electron chi connectivity index (χ0n) is 13.2. The first kappa shape index (κ1) is 23.9. The van der Waals surface area contributed by atoms with Crippen LogP contribution in [0.5, 0.6) is 0 Å². The average molecular weight is 407 g/mol. The van der Waals surface area contributed by atoms with Crippen molar-refractivity contribution in [1.29, 1.82) is 0 Å². The molecule has 0 aliphatic heterocycles. The maximum Gasteiger partial charge on any atom is 0.453 e. The van der Waals surface area contributed by atoms with Gasteiger partial charge in [0.2, 0.25) is 5.91 Å². The molecular formula is C12H17F8NO3S. The van der Waals surface area contributed by atoms with Crippen LogP contribution in [0, 0.1) is 0 Å². The van der Waals surface area contributed by atoms with Gasteiger partial charge in [-0.2, -0.15) is 35.1 Å². The van der Waals surface area contributed by atoms with Crippen LogP contribution in [0.15, 0.2) is 0 Å². The molecule has 0 saturated carbocycles. The molecule has 0 aliphatic rings. The fourth-order valence-electron chi connectivity index (χ4n) is 1.77. The molecular weight excluding hydrogens is 390 g/mol. The summed E-state index contributed by atoms with van der Waals surface area (Å²) in [7, 11) is -4.98. The number of carbonyl (C=O) groups is 1. The number of hydrogen-bond donors (Lipinski definition) is 1. The van der Waals surface area contributed by atoms with E-state index < -0.39 is 63.8 Å². The highest BCUT2D eigenvalue weighted by molar-refractivity contribution is 7.93. The van der Waals surface area contributed by atoms with Crippen LogP contribution in [-0.2, 0) is 14.6 Å². The number of alkyl halides is 8. The van der Waals surface area contributed by atoms with Gasteiger partial charge in [-0.1, -0.05) is 0 Å². The molecule has 13 heteroatoms. The summed E-state index contributed by atoms with van der Waals surface area (Å²) in [5, 5.41) is 1.94. The monoisotopic (exact) mass is 407 g/mol. The first-order valence-electron chi connectivity index (χ1n) is 6.91. The molecule has 1 atom stereocenters. The molecule has 0 aromatic heterocycles. The molecule has 1 N–H and O–H groups in total.